The van der Waals surface area contributed by atoms with Crippen molar-refractivity contribution in [3.05, 3.63) is 65.7 Å². The summed E-state index contributed by atoms with van der Waals surface area (Å²) in [4.78, 5) is 0. The average Bonchev–Trinajstić information content (AvgIpc) is 2.67. The Labute approximate surface area is 151 Å². The van der Waals surface area contributed by atoms with E-state index in [9.17, 15) is 5.11 Å². The number of hydrogen-bond donors (Lipinski definition) is 1. The zero-order chi connectivity index (χ0) is 17.5. The van der Waals surface area contributed by atoms with Gasteiger partial charge in [0.1, 0.15) is 12.4 Å². The number of aliphatic hydroxyl groups is 1. The molecule has 2 aromatic rings. The molecule has 3 atom stereocenters. The van der Waals surface area contributed by atoms with Crippen LogP contribution in [-0.4, -0.2) is 5.11 Å². The van der Waals surface area contributed by atoms with E-state index in [2.05, 4.69) is 19.1 Å². The Bertz CT molecular complexity index is 636. The molecule has 134 valence electrons. The van der Waals surface area contributed by atoms with Gasteiger partial charge >= 0.3 is 0 Å². The minimum Gasteiger partial charge on any atom is -0.489 e. The minimum atomic E-state index is -0.375. The van der Waals surface area contributed by atoms with Gasteiger partial charge in [-0.1, -0.05) is 75.1 Å². The van der Waals surface area contributed by atoms with Gasteiger partial charge in [-0.2, -0.15) is 0 Å². The first-order valence-electron chi connectivity index (χ1n) is 9.71. The van der Waals surface area contributed by atoms with Crippen molar-refractivity contribution in [2.24, 2.45) is 11.8 Å². The molecular weight excluding hydrogens is 308 g/mol. The fraction of sp³-hybridized carbons (Fsp3) is 0.478. The topological polar surface area (TPSA) is 29.5 Å². The van der Waals surface area contributed by atoms with Gasteiger partial charge in [-0.15, -0.1) is 0 Å². The summed E-state index contributed by atoms with van der Waals surface area (Å²) in [5, 5.41) is 10.9. The Morgan fingerprint density at radius 2 is 1.92 bits per heavy atom. The van der Waals surface area contributed by atoms with Gasteiger partial charge in [-0.3, -0.25) is 0 Å². The molecule has 0 amide bonds. The van der Waals surface area contributed by atoms with Crippen molar-refractivity contribution in [3.63, 3.8) is 0 Å². The Morgan fingerprint density at radius 1 is 1.08 bits per heavy atom. The largest absolute Gasteiger partial charge is 0.489 e. The third-order valence-electron chi connectivity index (χ3n) is 5.41. The van der Waals surface area contributed by atoms with Crippen molar-refractivity contribution in [2.75, 3.05) is 0 Å². The van der Waals surface area contributed by atoms with Crippen molar-refractivity contribution in [1.29, 1.82) is 0 Å². The van der Waals surface area contributed by atoms with E-state index in [0.29, 0.717) is 12.5 Å². The highest BCUT2D eigenvalue weighted by atomic mass is 16.5. The fourth-order valence-electron chi connectivity index (χ4n) is 4.09. The van der Waals surface area contributed by atoms with Crippen molar-refractivity contribution < 1.29 is 9.84 Å². The van der Waals surface area contributed by atoms with Gasteiger partial charge in [0.25, 0.3) is 0 Å². The SMILES string of the molecule is CCC[C@H]1CCC[C@H]([C@H](O)c2cccc(OCc3ccccc3)c2)C1. The molecule has 0 bridgehead atoms. The molecule has 0 aliphatic heterocycles. The molecule has 2 heteroatoms. The van der Waals surface area contributed by atoms with Gasteiger partial charge < -0.3 is 9.84 Å². The summed E-state index contributed by atoms with van der Waals surface area (Å²) in [6, 6.07) is 18.2. The van der Waals surface area contributed by atoms with E-state index in [4.69, 9.17) is 4.74 Å². The van der Waals surface area contributed by atoms with Crippen LogP contribution in [0.4, 0.5) is 0 Å². The summed E-state index contributed by atoms with van der Waals surface area (Å²) >= 11 is 0. The van der Waals surface area contributed by atoms with E-state index < -0.39 is 0 Å². The second-order valence-corrected chi connectivity index (χ2v) is 7.37. The quantitative estimate of drug-likeness (QED) is 0.680. The Hall–Kier alpha value is -1.80. The summed E-state index contributed by atoms with van der Waals surface area (Å²) in [5.74, 6) is 2.01. The van der Waals surface area contributed by atoms with Gasteiger partial charge in [-0.25, -0.2) is 0 Å². The van der Waals surface area contributed by atoms with Crippen LogP contribution in [0, 0.1) is 11.8 Å². The lowest BCUT2D eigenvalue weighted by Crippen LogP contribution is -2.21. The summed E-state index contributed by atoms with van der Waals surface area (Å²) in [5.41, 5.74) is 2.15. The minimum absolute atomic E-state index is 0.375. The zero-order valence-corrected chi connectivity index (χ0v) is 15.2. The monoisotopic (exact) mass is 338 g/mol. The van der Waals surface area contributed by atoms with Gasteiger partial charge in [0.05, 0.1) is 6.10 Å². The van der Waals surface area contributed by atoms with E-state index in [0.717, 1.165) is 35.6 Å². The smallest absolute Gasteiger partial charge is 0.120 e. The summed E-state index contributed by atoms with van der Waals surface area (Å²) < 4.78 is 5.92. The molecule has 1 N–H and O–H groups in total. The maximum atomic E-state index is 10.9. The Kier molecular flexibility index (Phi) is 6.52. The molecule has 2 nitrogen and oxygen atoms in total. The molecule has 3 rings (SSSR count). The molecule has 0 aromatic heterocycles. The molecular formula is C23H30O2. The van der Waals surface area contributed by atoms with Crippen LogP contribution in [0.25, 0.3) is 0 Å². The van der Waals surface area contributed by atoms with Crippen LogP contribution in [0.1, 0.15) is 62.7 Å². The fourth-order valence-corrected chi connectivity index (χ4v) is 4.09. The van der Waals surface area contributed by atoms with E-state index in [1.165, 1.54) is 25.7 Å². The summed E-state index contributed by atoms with van der Waals surface area (Å²) in [6.45, 7) is 2.82. The van der Waals surface area contributed by atoms with Gasteiger partial charge in [-0.05, 0) is 47.9 Å². The van der Waals surface area contributed by atoms with Crippen LogP contribution in [0.5, 0.6) is 5.75 Å². The number of ether oxygens (including phenoxy) is 1. The van der Waals surface area contributed by atoms with E-state index in [1.807, 2.05) is 42.5 Å². The van der Waals surface area contributed by atoms with Crippen molar-refractivity contribution in [3.8, 4) is 5.75 Å². The molecule has 1 aliphatic carbocycles. The Balaban J connectivity index is 1.62. The predicted octanol–water partition coefficient (Wildman–Crippen LogP) is 5.91. The highest BCUT2D eigenvalue weighted by Crippen LogP contribution is 2.39. The molecule has 1 saturated carbocycles. The van der Waals surface area contributed by atoms with E-state index in [1.54, 1.807) is 0 Å². The first-order valence-corrected chi connectivity index (χ1v) is 9.71. The average molecular weight is 338 g/mol. The summed E-state index contributed by atoms with van der Waals surface area (Å²) in [6.07, 6.45) is 7.04. The highest BCUT2D eigenvalue weighted by molar-refractivity contribution is 5.30. The molecule has 1 fully saturated rings. The summed E-state index contributed by atoms with van der Waals surface area (Å²) in [7, 11) is 0. The van der Waals surface area contributed by atoms with Crippen LogP contribution >= 0.6 is 0 Å². The van der Waals surface area contributed by atoms with Gasteiger partial charge in [0, 0.05) is 0 Å². The number of aliphatic hydroxyl groups excluding tert-OH is 1. The first kappa shape index (κ1) is 18.0. The lowest BCUT2D eigenvalue weighted by atomic mass is 9.76. The Morgan fingerprint density at radius 3 is 2.72 bits per heavy atom. The molecule has 1 aliphatic rings. The third kappa shape index (κ3) is 5.09. The van der Waals surface area contributed by atoms with Crippen LogP contribution in [0.2, 0.25) is 0 Å². The molecule has 2 aromatic carbocycles. The number of benzene rings is 2. The zero-order valence-electron chi connectivity index (χ0n) is 15.2. The lowest BCUT2D eigenvalue weighted by molar-refractivity contribution is 0.0665. The predicted molar refractivity (Wildman–Crippen MR) is 103 cm³/mol. The van der Waals surface area contributed by atoms with Crippen LogP contribution < -0.4 is 4.74 Å². The van der Waals surface area contributed by atoms with Crippen LogP contribution in [-0.2, 0) is 6.61 Å². The number of hydrogen-bond acceptors (Lipinski definition) is 2. The second kappa shape index (κ2) is 9.05. The van der Waals surface area contributed by atoms with Crippen molar-refractivity contribution >= 4 is 0 Å². The third-order valence-corrected chi connectivity index (χ3v) is 5.41. The van der Waals surface area contributed by atoms with Crippen molar-refractivity contribution in [1.82, 2.24) is 0 Å². The highest BCUT2D eigenvalue weighted by Gasteiger charge is 2.28. The molecule has 0 spiro atoms. The number of rotatable bonds is 7. The molecule has 0 saturated heterocycles. The molecule has 0 radical (unpaired) electrons. The van der Waals surface area contributed by atoms with Crippen LogP contribution in [0.3, 0.4) is 0 Å². The normalized spacial score (nSPS) is 21.7. The molecule has 0 unspecified atom stereocenters. The first-order chi connectivity index (χ1) is 12.3. The van der Waals surface area contributed by atoms with Crippen LogP contribution in [0.15, 0.2) is 54.6 Å². The second-order valence-electron chi connectivity index (χ2n) is 7.37. The molecule has 25 heavy (non-hydrogen) atoms. The van der Waals surface area contributed by atoms with E-state index >= 15 is 0 Å². The lowest BCUT2D eigenvalue weighted by Gasteiger charge is -2.32. The van der Waals surface area contributed by atoms with Gasteiger partial charge in [0.15, 0.2) is 0 Å². The molecule has 0 heterocycles. The maximum absolute atomic E-state index is 10.9. The van der Waals surface area contributed by atoms with E-state index in [-0.39, 0.29) is 6.10 Å². The van der Waals surface area contributed by atoms with Gasteiger partial charge in [0.2, 0.25) is 0 Å². The standard InChI is InChI=1S/C23H30O2/c1-2-8-18-11-6-12-20(15-18)23(24)21-13-7-14-22(16-21)25-17-19-9-4-3-5-10-19/h3-5,7,9-10,13-14,16,18,20,23-24H,2,6,8,11-12,15,17H2,1H3/t18-,20-,23-/m0/s1. The van der Waals surface area contributed by atoms with Crippen molar-refractivity contribution in [2.45, 2.75) is 58.2 Å². The maximum Gasteiger partial charge on any atom is 0.120 e.